The van der Waals surface area contributed by atoms with Gasteiger partial charge in [-0.1, -0.05) is 31.2 Å². The second-order valence-corrected chi connectivity index (χ2v) is 8.64. The van der Waals surface area contributed by atoms with Gasteiger partial charge in [-0.2, -0.15) is 0 Å². The molecule has 6 nitrogen and oxygen atoms in total. The number of piperidine rings is 1. The molecule has 1 aromatic carbocycles. The zero-order valence-corrected chi connectivity index (χ0v) is 18.6. The first-order valence-electron chi connectivity index (χ1n) is 11.1. The van der Waals surface area contributed by atoms with Gasteiger partial charge < -0.3 is 10.3 Å². The van der Waals surface area contributed by atoms with Crippen LogP contribution in [0.25, 0.3) is 11.4 Å². The van der Waals surface area contributed by atoms with E-state index in [0.717, 1.165) is 36.1 Å². The van der Waals surface area contributed by atoms with Crippen molar-refractivity contribution in [2.45, 2.75) is 46.7 Å². The number of likely N-dealkylation sites (tertiary alicyclic amines) is 1. The minimum Gasteiger partial charge on any atom is -0.366 e. The molecule has 6 heteroatoms. The Morgan fingerprint density at radius 1 is 1.10 bits per heavy atom. The predicted molar refractivity (Wildman–Crippen MR) is 125 cm³/mol. The van der Waals surface area contributed by atoms with Crippen LogP contribution in [0.2, 0.25) is 0 Å². The van der Waals surface area contributed by atoms with Crippen molar-refractivity contribution < 1.29 is 0 Å². The minimum atomic E-state index is -0.107. The molecule has 1 aliphatic heterocycles. The molecular weight excluding hydrogens is 386 g/mol. The number of rotatable bonds is 6. The molecule has 0 saturated carbocycles. The monoisotopic (exact) mass is 417 g/mol. The molecule has 3 aromatic rings. The first kappa shape index (κ1) is 21.2. The molecular formula is C25H31N5O. The van der Waals surface area contributed by atoms with Crippen molar-refractivity contribution in [2.24, 2.45) is 5.92 Å². The minimum absolute atomic E-state index is 0.107. The second kappa shape index (κ2) is 9.43. The van der Waals surface area contributed by atoms with Gasteiger partial charge in [0.25, 0.3) is 5.56 Å². The van der Waals surface area contributed by atoms with Crippen LogP contribution in [0.15, 0.2) is 47.4 Å². The Balaban J connectivity index is 1.41. The quantitative estimate of drug-likeness (QED) is 0.626. The zero-order chi connectivity index (χ0) is 21.8. The van der Waals surface area contributed by atoms with Crippen LogP contribution in [0.5, 0.6) is 0 Å². The Bertz CT molecular complexity index is 1080. The van der Waals surface area contributed by atoms with Gasteiger partial charge >= 0.3 is 0 Å². The van der Waals surface area contributed by atoms with Crippen LogP contribution >= 0.6 is 0 Å². The highest BCUT2D eigenvalue weighted by Crippen LogP contribution is 2.21. The average Bonchev–Trinajstić information content (AvgIpc) is 2.78. The summed E-state index contributed by atoms with van der Waals surface area (Å²) in [7, 11) is 0. The molecule has 0 amide bonds. The molecule has 4 rings (SSSR count). The van der Waals surface area contributed by atoms with E-state index in [9.17, 15) is 4.79 Å². The molecule has 0 aliphatic carbocycles. The lowest BCUT2D eigenvalue weighted by atomic mass is 9.98. The van der Waals surface area contributed by atoms with Crippen molar-refractivity contribution >= 4 is 5.82 Å². The van der Waals surface area contributed by atoms with Gasteiger partial charge in [0, 0.05) is 36.1 Å². The van der Waals surface area contributed by atoms with Gasteiger partial charge in [-0.15, -0.1) is 0 Å². The summed E-state index contributed by atoms with van der Waals surface area (Å²) < 4.78 is 0. The topological polar surface area (TPSA) is 73.9 Å². The fraction of sp³-hybridized carbons (Fsp3) is 0.400. The summed E-state index contributed by atoms with van der Waals surface area (Å²) in [5.74, 6) is 2.20. The highest BCUT2D eigenvalue weighted by atomic mass is 16.1. The summed E-state index contributed by atoms with van der Waals surface area (Å²) in [4.78, 5) is 26.4. The fourth-order valence-corrected chi connectivity index (χ4v) is 3.95. The smallest absolute Gasteiger partial charge is 0.254 e. The Hall–Kier alpha value is -2.99. The summed E-state index contributed by atoms with van der Waals surface area (Å²) in [5.41, 5.74) is 4.74. The van der Waals surface area contributed by atoms with Gasteiger partial charge in [-0.05, 0) is 69.0 Å². The maximum Gasteiger partial charge on any atom is 0.254 e. The van der Waals surface area contributed by atoms with E-state index in [-0.39, 0.29) is 5.56 Å². The third-order valence-electron chi connectivity index (χ3n) is 6.28. The standard InChI is InChI=1S/C25H31N5O/c1-17-10-12-30(13-11-17)16-22-7-5-4-6-20(22)14-26-23-9-8-21(15-27-23)24-28-19(3)18(2)25(31)29-24/h4-9,15,17H,10-14,16H2,1-3H3,(H,26,27)(H,28,29,31). The van der Waals surface area contributed by atoms with Crippen LogP contribution in [-0.2, 0) is 13.1 Å². The van der Waals surface area contributed by atoms with E-state index in [4.69, 9.17) is 0 Å². The zero-order valence-electron chi connectivity index (χ0n) is 18.6. The third-order valence-corrected chi connectivity index (χ3v) is 6.28. The van der Waals surface area contributed by atoms with Crippen LogP contribution < -0.4 is 10.9 Å². The summed E-state index contributed by atoms with van der Waals surface area (Å²) >= 11 is 0. The number of aryl methyl sites for hydroxylation is 1. The third kappa shape index (κ3) is 5.20. The first-order valence-corrected chi connectivity index (χ1v) is 11.1. The molecule has 0 radical (unpaired) electrons. The van der Waals surface area contributed by atoms with E-state index in [0.29, 0.717) is 11.4 Å². The van der Waals surface area contributed by atoms with E-state index in [1.165, 1.54) is 37.1 Å². The van der Waals surface area contributed by atoms with Gasteiger partial charge in [0.15, 0.2) is 0 Å². The largest absolute Gasteiger partial charge is 0.366 e. The fourth-order valence-electron chi connectivity index (χ4n) is 3.95. The van der Waals surface area contributed by atoms with E-state index in [1.54, 1.807) is 13.1 Å². The molecule has 2 N–H and O–H groups in total. The number of pyridine rings is 1. The number of nitrogens with zero attached hydrogens (tertiary/aromatic N) is 3. The molecule has 162 valence electrons. The molecule has 3 heterocycles. The maximum absolute atomic E-state index is 12.0. The van der Waals surface area contributed by atoms with Gasteiger partial charge in [-0.25, -0.2) is 9.97 Å². The molecule has 0 atom stereocenters. The molecule has 1 saturated heterocycles. The van der Waals surface area contributed by atoms with Crippen molar-refractivity contribution in [3.05, 3.63) is 75.3 Å². The lowest BCUT2D eigenvalue weighted by Crippen LogP contribution is -2.32. The number of nitrogens with one attached hydrogen (secondary N) is 2. The number of hydrogen-bond donors (Lipinski definition) is 2. The molecule has 0 unspecified atom stereocenters. The first-order chi connectivity index (χ1) is 15.0. The normalized spacial score (nSPS) is 15.2. The van der Waals surface area contributed by atoms with Gasteiger partial charge in [0.05, 0.1) is 0 Å². The van der Waals surface area contributed by atoms with Crippen molar-refractivity contribution in [1.29, 1.82) is 0 Å². The summed E-state index contributed by atoms with van der Waals surface area (Å²) in [5, 5.41) is 3.43. The van der Waals surface area contributed by atoms with Gasteiger partial charge in [0.1, 0.15) is 11.6 Å². The van der Waals surface area contributed by atoms with Gasteiger partial charge in [-0.3, -0.25) is 9.69 Å². The van der Waals surface area contributed by atoms with Crippen LogP contribution in [0.3, 0.4) is 0 Å². The predicted octanol–water partition coefficient (Wildman–Crippen LogP) is 4.29. The van der Waals surface area contributed by atoms with Crippen molar-refractivity contribution in [2.75, 3.05) is 18.4 Å². The summed E-state index contributed by atoms with van der Waals surface area (Å²) in [6.45, 7) is 10.1. The number of aromatic amines is 1. The van der Waals surface area contributed by atoms with E-state index >= 15 is 0 Å². The highest BCUT2D eigenvalue weighted by molar-refractivity contribution is 5.56. The summed E-state index contributed by atoms with van der Waals surface area (Å²) in [6, 6.07) is 12.5. The maximum atomic E-state index is 12.0. The number of anilines is 1. The SMILES string of the molecule is Cc1nc(-c2ccc(NCc3ccccc3CN3CCC(C)CC3)nc2)[nH]c(=O)c1C. The van der Waals surface area contributed by atoms with Crippen LogP contribution in [0, 0.1) is 19.8 Å². The molecule has 31 heavy (non-hydrogen) atoms. The molecule has 0 spiro atoms. The van der Waals surface area contributed by atoms with Crippen LogP contribution in [0.4, 0.5) is 5.82 Å². The summed E-state index contributed by atoms with van der Waals surface area (Å²) in [6.07, 6.45) is 4.32. The lowest BCUT2D eigenvalue weighted by Gasteiger charge is -2.30. The Kier molecular flexibility index (Phi) is 6.47. The average molecular weight is 418 g/mol. The Morgan fingerprint density at radius 2 is 1.84 bits per heavy atom. The van der Waals surface area contributed by atoms with Crippen LogP contribution in [-0.4, -0.2) is 32.9 Å². The van der Waals surface area contributed by atoms with Crippen molar-refractivity contribution in [3.63, 3.8) is 0 Å². The lowest BCUT2D eigenvalue weighted by molar-refractivity contribution is 0.185. The van der Waals surface area contributed by atoms with Gasteiger partial charge in [0.2, 0.25) is 0 Å². The molecule has 0 bridgehead atoms. The number of hydrogen-bond acceptors (Lipinski definition) is 5. The van der Waals surface area contributed by atoms with Crippen molar-refractivity contribution in [3.8, 4) is 11.4 Å². The van der Waals surface area contributed by atoms with E-state index in [1.807, 2.05) is 19.1 Å². The second-order valence-electron chi connectivity index (χ2n) is 8.64. The Labute approximate surface area is 183 Å². The molecule has 2 aromatic heterocycles. The van der Waals surface area contributed by atoms with Crippen LogP contribution in [0.1, 0.15) is 42.1 Å². The number of H-pyrrole nitrogens is 1. The molecule has 1 aliphatic rings. The highest BCUT2D eigenvalue weighted by Gasteiger charge is 2.16. The molecule has 1 fully saturated rings. The number of benzene rings is 1. The Morgan fingerprint density at radius 3 is 2.52 bits per heavy atom. The van der Waals surface area contributed by atoms with Crippen molar-refractivity contribution in [1.82, 2.24) is 19.9 Å². The number of aromatic nitrogens is 3. The van der Waals surface area contributed by atoms with E-state index < -0.39 is 0 Å². The van der Waals surface area contributed by atoms with E-state index in [2.05, 4.69) is 56.4 Å².